The molecule has 0 spiro atoms. The fraction of sp³-hybridized carbons (Fsp3) is 0.333. The Kier molecular flexibility index (Phi) is 8.72. The first-order valence-electron chi connectivity index (χ1n) is 11.5. The third kappa shape index (κ3) is 7.52. The number of carboxylic acids is 2. The number of aliphatic carboxylic acids is 2. The number of hydrogen-bond donors (Lipinski definition) is 3. The van der Waals surface area contributed by atoms with Gasteiger partial charge in [-0.3, -0.25) is 14.6 Å². The van der Waals surface area contributed by atoms with Crippen molar-refractivity contribution in [3.8, 4) is 23.0 Å². The van der Waals surface area contributed by atoms with Gasteiger partial charge in [0.2, 0.25) is 5.91 Å². The fourth-order valence-corrected chi connectivity index (χ4v) is 4.57. The van der Waals surface area contributed by atoms with Crippen LogP contribution in [-0.4, -0.2) is 88.8 Å². The SMILES string of the molecule is O=C(CN1CCN(Cc2nc(-c3ccco3)cs2)CC1)Nc1ccc2c(c1)OCCO2.O=C(O)C(=O)O. The van der Waals surface area contributed by atoms with E-state index in [1.807, 2.05) is 35.7 Å². The topological polar surface area (TPSA) is 155 Å². The lowest BCUT2D eigenvalue weighted by molar-refractivity contribution is -0.159. The lowest BCUT2D eigenvalue weighted by atomic mass is 10.2. The van der Waals surface area contributed by atoms with E-state index in [2.05, 4.69) is 20.1 Å². The van der Waals surface area contributed by atoms with Crippen molar-refractivity contribution in [1.29, 1.82) is 0 Å². The van der Waals surface area contributed by atoms with E-state index in [4.69, 9.17) is 33.7 Å². The van der Waals surface area contributed by atoms with Crippen LogP contribution in [0.4, 0.5) is 5.69 Å². The van der Waals surface area contributed by atoms with Crippen LogP contribution in [0.25, 0.3) is 11.5 Å². The molecule has 0 saturated carbocycles. The van der Waals surface area contributed by atoms with E-state index in [0.717, 1.165) is 60.6 Å². The number of nitrogens with one attached hydrogen (secondary N) is 1. The number of hydrogen-bond acceptors (Lipinski definition) is 10. The standard InChI is InChI=1S/C22H24N4O4S.C2H2O4/c27-21(23-16-3-4-19-20(12-16)30-11-10-29-19)13-25-5-7-26(8-6-25)14-22-24-17(15-31-22)18-2-1-9-28-18;3-1(4)2(5)6/h1-4,9,12,15H,5-8,10-11,13-14H2,(H,23,27);(H,3,4)(H,5,6). The minimum absolute atomic E-state index is 0.0202. The summed E-state index contributed by atoms with van der Waals surface area (Å²) in [6.45, 7) is 5.80. The normalized spacial score (nSPS) is 15.4. The van der Waals surface area contributed by atoms with Crippen LogP contribution >= 0.6 is 11.3 Å². The maximum Gasteiger partial charge on any atom is 0.414 e. The minimum Gasteiger partial charge on any atom is -0.486 e. The molecule has 13 heteroatoms. The van der Waals surface area contributed by atoms with Crippen LogP contribution in [0.3, 0.4) is 0 Å². The Bertz CT molecular complexity index is 1210. The van der Waals surface area contributed by atoms with Crippen LogP contribution in [0, 0.1) is 0 Å². The van der Waals surface area contributed by atoms with Gasteiger partial charge in [-0.25, -0.2) is 14.6 Å². The van der Waals surface area contributed by atoms with Crippen LogP contribution in [0.5, 0.6) is 11.5 Å². The number of carbonyl (C=O) groups excluding carboxylic acids is 1. The number of ether oxygens (including phenoxy) is 2. The third-order valence-corrected chi connectivity index (χ3v) is 6.36. The smallest absolute Gasteiger partial charge is 0.414 e. The number of benzene rings is 1. The summed E-state index contributed by atoms with van der Waals surface area (Å²) < 4.78 is 16.5. The van der Waals surface area contributed by atoms with Crippen molar-refractivity contribution in [2.45, 2.75) is 6.54 Å². The molecule has 37 heavy (non-hydrogen) atoms. The molecule has 0 atom stereocenters. The van der Waals surface area contributed by atoms with Gasteiger partial charge in [-0.15, -0.1) is 11.3 Å². The summed E-state index contributed by atoms with van der Waals surface area (Å²) in [5, 5.41) is 20.9. The number of anilines is 1. The third-order valence-electron chi connectivity index (χ3n) is 5.53. The van der Waals surface area contributed by atoms with Crippen molar-refractivity contribution in [1.82, 2.24) is 14.8 Å². The predicted molar refractivity (Wildman–Crippen MR) is 133 cm³/mol. The van der Waals surface area contributed by atoms with E-state index in [-0.39, 0.29) is 5.91 Å². The van der Waals surface area contributed by atoms with Gasteiger partial charge < -0.3 is 29.4 Å². The average Bonchev–Trinajstić information content (AvgIpc) is 3.58. The van der Waals surface area contributed by atoms with Crippen molar-refractivity contribution >= 4 is 34.9 Å². The van der Waals surface area contributed by atoms with Crippen molar-refractivity contribution in [3.63, 3.8) is 0 Å². The fourth-order valence-electron chi connectivity index (χ4n) is 3.74. The maximum absolute atomic E-state index is 12.5. The number of thiazole rings is 1. The zero-order valence-corrected chi connectivity index (χ0v) is 20.6. The molecule has 196 valence electrons. The first kappa shape index (κ1) is 26.1. The van der Waals surface area contributed by atoms with Gasteiger partial charge in [0.25, 0.3) is 0 Å². The Morgan fingerprint density at radius 1 is 0.973 bits per heavy atom. The molecule has 2 aliphatic rings. The van der Waals surface area contributed by atoms with Crippen LogP contribution in [0.2, 0.25) is 0 Å². The molecule has 2 aliphatic heterocycles. The summed E-state index contributed by atoms with van der Waals surface area (Å²) in [6, 6.07) is 9.29. The van der Waals surface area contributed by atoms with Crippen molar-refractivity contribution in [3.05, 3.63) is 47.0 Å². The van der Waals surface area contributed by atoms with Gasteiger partial charge in [-0.05, 0) is 24.3 Å². The zero-order chi connectivity index (χ0) is 26.2. The molecule has 1 saturated heterocycles. The van der Waals surface area contributed by atoms with E-state index >= 15 is 0 Å². The Labute approximate surface area is 216 Å². The Hall–Kier alpha value is -3.94. The van der Waals surface area contributed by atoms with Crippen molar-refractivity contribution in [2.75, 3.05) is 51.3 Å². The number of rotatable bonds is 6. The van der Waals surface area contributed by atoms with E-state index in [1.54, 1.807) is 17.6 Å². The summed E-state index contributed by atoms with van der Waals surface area (Å²) >= 11 is 1.65. The molecule has 1 fully saturated rings. The number of fused-ring (bicyclic) bond motifs is 1. The summed E-state index contributed by atoms with van der Waals surface area (Å²) in [6.07, 6.45) is 1.66. The second-order valence-electron chi connectivity index (χ2n) is 8.17. The van der Waals surface area contributed by atoms with Crippen LogP contribution in [0.1, 0.15) is 5.01 Å². The molecular weight excluding hydrogens is 504 g/mol. The lowest BCUT2D eigenvalue weighted by Gasteiger charge is -2.33. The van der Waals surface area contributed by atoms with Gasteiger partial charge in [0.1, 0.15) is 23.9 Å². The largest absolute Gasteiger partial charge is 0.486 e. The molecule has 0 aliphatic carbocycles. The van der Waals surface area contributed by atoms with Crippen molar-refractivity contribution < 1.29 is 38.5 Å². The molecular formula is C24H26N4O8S. The molecule has 3 N–H and O–H groups in total. The number of amides is 1. The molecule has 2 aromatic heterocycles. The quantitative estimate of drug-likeness (QED) is 0.401. The molecule has 4 heterocycles. The molecule has 12 nitrogen and oxygen atoms in total. The van der Waals surface area contributed by atoms with E-state index < -0.39 is 11.9 Å². The first-order chi connectivity index (χ1) is 17.9. The molecule has 1 amide bonds. The Morgan fingerprint density at radius 2 is 1.68 bits per heavy atom. The molecule has 0 bridgehead atoms. The summed E-state index contributed by atoms with van der Waals surface area (Å²) in [5.74, 6) is -1.47. The lowest BCUT2D eigenvalue weighted by Crippen LogP contribution is -2.48. The van der Waals surface area contributed by atoms with Crippen molar-refractivity contribution in [2.24, 2.45) is 0 Å². The number of nitrogens with zero attached hydrogens (tertiary/aromatic N) is 3. The molecule has 1 aromatic carbocycles. The van der Waals surface area contributed by atoms with Crippen LogP contribution in [-0.2, 0) is 20.9 Å². The van der Waals surface area contributed by atoms with Gasteiger partial charge in [0.15, 0.2) is 17.3 Å². The van der Waals surface area contributed by atoms with Gasteiger partial charge in [0.05, 0.1) is 19.4 Å². The Balaban J connectivity index is 0.000000480. The first-order valence-corrected chi connectivity index (χ1v) is 12.3. The van der Waals surface area contributed by atoms with E-state index in [1.165, 1.54) is 0 Å². The second kappa shape index (κ2) is 12.3. The highest BCUT2D eigenvalue weighted by Crippen LogP contribution is 2.32. The molecule has 3 aromatic rings. The number of carbonyl (C=O) groups is 3. The number of furan rings is 1. The monoisotopic (exact) mass is 530 g/mol. The maximum atomic E-state index is 12.5. The van der Waals surface area contributed by atoms with Gasteiger partial charge in [0, 0.05) is 43.3 Å². The van der Waals surface area contributed by atoms with Crippen LogP contribution in [0.15, 0.2) is 46.4 Å². The summed E-state index contributed by atoms with van der Waals surface area (Å²) in [4.78, 5) is 39.9. The Morgan fingerprint density at radius 3 is 2.35 bits per heavy atom. The summed E-state index contributed by atoms with van der Waals surface area (Å²) in [7, 11) is 0. The van der Waals surface area contributed by atoms with E-state index in [9.17, 15) is 4.79 Å². The number of aromatic nitrogens is 1. The minimum atomic E-state index is -1.82. The zero-order valence-electron chi connectivity index (χ0n) is 19.8. The molecule has 5 rings (SSSR count). The predicted octanol–water partition coefficient (Wildman–Crippen LogP) is 2.09. The van der Waals surface area contributed by atoms with Gasteiger partial charge >= 0.3 is 11.9 Å². The number of carboxylic acid groups (broad SMARTS) is 2. The summed E-state index contributed by atoms with van der Waals surface area (Å²) in [5.41, 5.74) is 1.61. The van der Waals surface area contributed by atoms with Gasteiger partial charge in [-0.2, -0.15) is 0 Å². The molecule has 0 radical (unpaired) electrons. The number of piperazine rings is 1. The highest BCUT2D eigenvalue weighted by atomic mass is 32.1. The highest BCUT2D eigenvalue weighted by Gasteiger charge is 2.21. The van der Waals surface area contributed by atoms with Crippen LogP contribution < -0.4 is 14.8 Å². The van der Waals surface area contributed by atoms with E-state index in [0.29, 0.717) is 25.5 Å². The highest BCUT2D eigenvalue weighted by molar-refractivity contribution is 7.09. The second-order valence-corrected chi connectivity index (χ2v) is 9.12. The molecule has 0 unspecified atom stereocenters. The van der Waals surface area contributed by atoms with Gasteiger partial charge in [-0.1, -0.05) is 0 Å². The average molecular weight is 531 g/mol.